The number of sulfonamides is 1. The fourth-order valence-electron chi connectivity index (χ4n) is 2.95. The fourth-order valence-corrected chi connectivity index (χ4v) is 4.31. The lowest BCUT2D eigenvalue weighted by atomic mass is 10.1. The number of nitriles is 1. The molecule has 0 amide bonds. The molecule has 112 valence electrons. The minimum Gasteiger partial charge on any atom is -0.207 e. The first-order chi connectivity index (χ1) is 10.5. The second kappa shape index (κ2) is 5.56. The first kappa shape index (κ1) is 14.8. The number of hydrogen-bond acceptors (Lipinski definition) is 3. The second-order valence-corrected chi connectivity index (χ2v) is 7.41. The Labute approximate surface area is 130 Å². The molecule has 0 bridgehead atoms. The van der Waals surface area contributed by atoms with Crippen LogP contribution in [0.2, 0.25) is 0 Å². The van der Waals surface area contributed by atoms with Crippen LogP contribution < -0.4 is 0 Å². The summed E-state index contributed by atoms with van der Waals surface area (Å²) < 4.78 is 27.0. The van der Waals surface area contributed by atoms with E-state index in [1.807, 2.05) is 24.3 Å². The van der Waals surface area contributed by atoms with Crippen molar-refractivity contribution in [2.24, 2.45) is 0 Å². The number of aryl methyl sites for hydroxylation is 1. The van der Waals surface area contributed by atoms with Gasteiger partial charge in [0.1, 0.15) is 0 Å². The quantitative estimate of drug-likeness (QED) is 0.875. The number of hydrogen-bond donors (Lipinski definition) is 0. The third-order valence-corrected chi connectivity index (χ3v) is 6.08. The molecule has 1 unspecified atom stereocenters. The topological polar surface area (TPSA) is 61.2 Å². The average molecular weight is 312 g/mol. The van der Waals surface area contributed by atoms with Crippen LogP contribution in [-0.2, 0) is 16.4 Å². The maximum atomic E-state index is 12.8. The zero-order chi connectivity index (χ0) is 15.7. The van der Waals surface area contributed by atoms with Crippen molar-refractivity contribution in [1.29, 1.82) is 5.26 Å². The van der Waals surface area contributed by atoms with Crippen molar-refractivity contribution in [3.63, 3.8) is 0 Å². The van der Waals surface area contributed by atoms with Crippen molar-refractivity contribution in [1.82, 2.24) is 4.31 Å². The third kappa shape index (κ3) is 2.41. The van der Waals surface area contributed by atoms with E-state index in [0.29, 0.717) is 5.56 Å². The highest BCUT2D eigenvalue weighted by molar-refractivity contribution is 7.89. The fraction of sp³-hybridized carbons (Fsp3) is 0.235. The SMILES string of the molecule is CN(C1CCc2ccccc21)S(=O)(=O)c1ccc(C#N)cc1. The molecule has 2 aromatic rings. The molecule has 0 spiro atoms. The van der Waals surface area contributed by atoms with Gasteiger partial charge >= 0.3 is 0 Å². The molecule has 0 saturated carbocycles. The molecule has 4 nitrogen and oxygen atoms in total. The number of rotatable bonds is 3. The summed E-state index contributed by atoms with van der Waals surface area (Å²) >= 11 is 0. The zero-order valence-corrected chi connectivity index (χ0v) is 13.0. The molecule has 1 aliphatic rings. The first-order valence-electron chi connectivity index (χ1n) is 7.10. The van der Waals surface area contributed by atoms with Gasteiger partial charge in [-0.3, -0.25) is 0 Å². The maximum absolute atomic E-state index is 12.8. The van der Waals surface area contributed by atoms with Gasteiger partial charge in [-0.2, -0.15) is 9.57 Å². The van der Waals surface area contributed by atoms with E-state index in [4.69, 9.17) is 5.26 Å². The van der Waals surface area contributed by atoms with E-state index >= 15 is 0 Å². The predicted octanol–water partition coefficient (Wildman–Crippen LogP) is 2.87. The monoisotopic (exact) mass is 312 g/mol. The molecular formula is C17H16N2O2S. The minimum absolute atomic E-state index is 0.128. The molecule has 0 saturated heterocycles. The van der Waals surface area contributed by atoms with Crippen LogP contribution in [0.25, 0.3) is 0 Å². The molecule has 3 rings (SSSR count). The van der Waals surface area contributed by atoms with Crippen molar-refractivity contribution < 1.29 is 8.42 Å². The van der Waals surface area contributed by atoms with Gasteiger partial charge in [0.15, 0.2) is 0 Å². The van der Waals surface area contributed by atoms with E-state index in [9.17, 15) is 8.42 Å². The molecule has 0 heterocycles. The van der Waals surface area contributed by atoms with E-state index in [1.54, 1.807) is 7.05 Å². The van der Waals surface area contributed by atoms with E-state index in [-0.39, 0.29) is 10.9 Å². The van der Waals surface area contributed by atoms with Crippen LogP contribution in [0.1, 0.15) is 29.2 Å². The third-order valence-electron chi connectivity index (χ3n) is 4.20. The largest absolute Gasteiger partial charge is 0.243 e. The van der Waals surface area contributed by atoms with Crippen LogP contribution >= 0.6 is 0 Å². The Morgan fingerprint density at radius 3 is 2.50 bits per heavy atom. The highest BCUT2D eigenvalue weighted by Crippen LogP contribution is 2.37. The summed E-state index contributed by atoms with van der Waals surface area (Å²) in [7, 11) is -1.94. The van der Waals surface area contributed by atoms with Crippen molar-refractivity contribution in [2.75, 3.05) is 7.05 Å². The normalized spacial score (nSPS) is 17.2. The molecule has 2 aromatic carbocycles. The Bertz CT molecular complexity index is 836. The highest BCUT2D eigenvalue weighted by Gasteiger charge is 2.33. The Morgan fingerprint density at radius 2 is 1.82 bits per heavy atom. The van der Waals surface area contributed by atoms with Crippen LogP contribution in [0.15, 0.2) is 53.4 Å². The lowest BCUT2D eigenvalue weighted by Crippen LogP contribution is -2.30. The van der Waals surface area contributed by atoms with Gasteiger partial charge in [-0.1, -0.05) is 24.3 Å². The summed E-state index contributed by atoms with van der Waals surface area (Å²) in [6.07, 6.45) is 1.69. The highest BCUT2D eigenvalue weighted by atomic mass is 32.2. The molecule has 0 fully saturated rings. The van der Waals surface area contributed by atoms with Crippen LogP contribution in [0.3, 0.4) is 0 Å². The van der Waals surface area contributed by atoms with E-state index in [1.165, 1.54) is 34.1 Å². The number of benzene rings is 2. The summed E-state index contributed by atoms with van der Waals surface area (Å²) in [6.45, 7) is 0. The summed E-state index contributed by atoms with van der Waals surface area (Å²) in [6, 6.07) is 15.9. The van der Waals surface area contributed by atoms with Crippen molar-refractivity contribution in [2.45, 2.75) is 23.8 Å². The maximum Gasteiger partial charge on any atom is 0.243 e. The van der Waals surface area contributed by atoms with Gasteiger partial charge in [0.05, 0.1) is 22.6 Å². The van der Waals surface area contributed by atoms with Gasteiger partial charge < -0.3 is 0 Å². The van der Waals surface area contributed by atoms with Crippen LogP contribution in [0, 0.1) is 11.3 Å². The molecule has 0 radical (unpaired) electrons. The smallest absolute Gasteiger partial charge is 0.207 e. The molecule has 0 aromatic heterocycles. The Morgan fingerprint density at radius 1 is 1.14 bits per heavy atom. The van der Waals surface area contributed by atoms with Gasteiger partial charge in [-0.05, 0) is 48.2 Å². The van der Waals surface area contributed by atoms with Crippen LogP contribution in [-0.4, -0.2) is 19.8 Å². The van der Waals surface area contributed by atoms with Crippen LogP contribution in [0.5, 0.6) is 0 Å². The molecule has 1 aliphatic carbocycles. The van der Waals surface area contributed by atoms with E-state index in [2.05, 4.69) is 6.07 Å². The van der Waals surface area contributed by atoms with Crippen molar-refractivity contribution in [3.05, 3.63) is 65.2 Å². The first-order valence-corrected chi connectivity index (χ1v) is 8.54. The Balaban J connectivity index is 1.94. The lowest BCUT2D eigenvalue weighted by molar-refractivity contribution is 0.374. The number of nitrogens with zero attached hydrogens (tertiary/aromatic N) is 2. The van der Waals surface area contributed by atoms with Crippen molar-refractivity contribution in [3.8, 4) is 6.07 Å². The van der Waals surface area contributed by atoms with Crippen molar-refractivity contribution >= 4 is 10.0 Å². The number of fused-ring (bicyclic) bond motifs is 1. The minimum atomic E-state index is -3.57. The predicted molar refractivity (Wildman–Crippen MR) is 83.6 cm³/mol. The van der Waals surface area contributed by atoms with Gasteiger partial charge in [0, 0.05) is 7.05 Å². The van der Waals surface area contributed by atoms with Gasteiger partial charge in [0.25, 0.3) is 0 Å². The van der Waals surface area contributed by atoms with Gasteiger partial charge in [-0.15, -0.1) is 0 Å². The standard InChI is InChI=1S/C17H16N2O2S/c1-19(17-11-8-14-4-2-3-5-16(14)17)22(20,21)15-9-6-13(12-18)7-10-15/h2-7,9-10,17H,8,11H2,1H3. The summed E-state index contributed by atoms with van der Waals surface area (Å²) in [5.41, 5.74) is 2.75. The molecule has 22 heavy (non-hydrogen) atoms. The molecule has 0 N–H and O–H groups in total. The molecule has 1 atom stereocenters. The van der Waals surface area contributed by atoms with Gasteiger partial charge in [-0.25, -0.2) is 8.42 Å². The molecular weight excluding hydrogens is 296 g/mol. The summed E-state index contributed by atoms with van der Waals surface area (Å²) in [5, 5.41) is 8.81. The van der Waals surface area contributed by atoms with E-state index < -0.39 is 10.0 Å². The zero-order valence-electron chi connectivity index (χ0n) is 12.2. The van der Waals surface area contributed by atoms with E-state index in [0.717, 1.165) is 18.4 Å². The lowest BCUT2D eigenvalue weighted by Gasteiger charge is -2.24. The summed E-state index contributed by atoms with van der Waals surface area (Å²) in [5.74, 6) is 0. The van der Waals surface area contributed by atoms with Crippen LogP contribution in [0.4, 0.5) is 0 Å². The summed E-state index contributed by atoms with van der Waals surface area (Å²) in [4.78, 5) is 0.221. The average Bonchev–Trinajstić information content (AvgIpc) is 2.98. The second-order valence-electron chi connectivity index (χ2n) is 5.41. The Kier molecular flexibility index (Phi) is 3.73. The molecule has 0 aliphatic heterocycles. The molecule has 5 heteroatoms. The Hall–Kier alpha value is -2.16. The van der Waals surface area contributed by atoms with Gasteiger partial charge in [0.2, 0.25) is 10.0 Å².